The lowest BCUT2D eigenvalue weighted by molar-refractivity contribution is 0.243. The highest BCUT2D eigenvalue weighted by molar-refractivity contribution is 5.81. The molecule has 3 heteroatoms. The van der Waals surface area contributed by atoms with Gasteiger partial charge in [0.15, 0.2) is 0 Å². The summed E-state index contributed by atoms with van der Waals surface area (Å²) in [5, 5.41) is 9.86. The molecule has 2 aromatic rings. The first-order valence-corrected chi connectivity index (χ1v) is 8.31. The zero-order valence-electron chi connectivity index (χ0n) is 13.5. The van der Waals surface area contributed by atoms with Gasteiger partial charge in [-0.3, -0.25) is 4.68 Å². The lowest BCUT2D eigenvalue weighted by atomic mass is 9.77. The smallest absolute Gasteiger partial charge is 0.0709 e. The van der Waals surface area contributed by atoms with Gasteiger partial charge in [-0.2, -0.15) is 5.10 Å². The second-order valence-corrected chi connectivity index (χ2v) is 6.63. The fraction of sp³-hybridized carbons (Fsp3) is 0.611. The first-order chi connectivity index (χ1) is 10.2. The molecule has 0 amide bonds. The van der Waals surface area contributed by atoms with Gasteiger partial charge in [-0.25, -0.2) is 0 Å². The Balaban J connectivity index is 1.86. The van der Waals surface area contributed by atoms with Crippen LogP contribution in [0.1, 0.15) is 45.2 Å². The Morgan fingerprint density at radius 1 is 1.24 bits per heavy atom. The van der Waals surface area contributed by atoms with Crippen molar-refractivity contribution in [3.63, 3.8) is 0 Å². The van der Waals surface area contributed by atoms with Crippen LogP contribution in [0.4, 0.5) is 0 Å². The van der Waals surface area contributed by atoms with Gasteiger partial charge in [-0.15, -0.1) is 0 Å². The Morgan fingerprint density at radius 2 is 1.95 bits per heavy atom. The molecular weight excluding hydrogens is 258 g/mol. The van der Waals surface area contributed by atoms with Crippen LogP contribution in [-0.4, -0.2) is 22.4 Å². The van der Waals surface area contributed by atoms with E-state index in [1.165, 1.54) is 42.3 Å². The van der Waals surface area contributed by atoms with Crippen LogP contribution in [0.2, 0.25) is 0 Å². The van der Waals surface area contributed by atoms with Gasteiger partial charge < -0.3 is 5.32 Å². The minimum absolute atomic E-state index is 0.333. The molecule has 1 saturated carbocycles. The van der Waals surface area contributed by atoms with Gasteiger partial charge in [-0.05, 0) is 43.6 Å². The van der Waals surface area contributed by atoms with Crippen molar-refractivity contribution in [2.24, 2.45) is 12.5 Å². The molecule has 0 spiro atoms. The topological polar surface area (TPSA) is 29.9 Å². The van der Waals surface area contributed by atoms with E-state index in [-0.39, 0.29) is 0 Å². The third-order valence-electron chi connectivity index (χ3n) is 5.22. The van der Waals surface area contributed by atoms with Crippen LogP contribution in [0, 0.1) is 5.41 Å². The van der Waals surface area contributed by atoms with Crippen LogP contribution in [0.25, 0.3) is 10.9 Å². The first-order valence-electron chi connectivity index (χ1n) is 8.31. The summed E-state index contributed by atoms with van der Waals surface area (Å²) in [5.74, 6) is 0. The lowest BCUT2D eigenvalue weighted by Gasteiger charge is -2.31. The lowest BCUT2D eigenvalue weighted by Crippen LogP contribution is -2.36. The van der Waals surface area contributed by atoms with Crippen molar-refractivity contribution in [2.45, 2.75) is 52.0 Å². The van der Waals surface area contributed by atoms with Crippen molar-refractivity contribution in [3.05, 3.63) is 30.0 Å². The monoisotopic (exact) mass is 285 g/mol. The number of aryl methyl sites for hydroxylation is 1. The van der Waals surface area contributed by atoms with Gasteiger partial charge in [0.1, 0.15) is 0 Å². The van der Waals surface area contributed by atoms with Gasteiger partial charge in [0.25, 0.3) is 0 Å². The zero-order valence-corrected chi connectivity index (χ0v) is 13.5. The third-order valence-corrected chi connectivity index (χ3v) is 5.22. The molecule has 1 aliphatic rings. The average molecular weight is 285 g/mol. The van der Waals surface area contributed by atoms with E-state index in [1.54, 1.807) is 0 Å². The highest BCUT2D eigenvalue weighted by atomic mass is 15.3. The molecule has 3 nitrogen and oxygen atoms in total. The summed E-state index contributed by atoms with van der Waals surface area (Å²) in [7, 11) is 2.05. The maximum atomic E-state index is 4.80. The summed E-state index contributed by atoms with van der Waals surface area (Å²) >= 11 is 0. The van der Waals surface area contributed by atoms with Crippen LogP contribution >= 0.6 is 0 Å². The second kappa shape index (κ2) is 5.80. The van der Waals surface area contributed by atoms with E-state index in [4.69, 9.17) is 5.10 Å². The Labute approximate surface area is 127 Å². The number of hydrogen-bond donors (Lipinski definition) is 1. The van der Waals surface area contributed by atoms with Crippen LogP contribution in [-0.2, 0) is 13.5 Å². The highest BCUT2D eigenvalue weighted by Gasteiger charge is 2.31. The predicted molar refractivity (Wildman–Crippen MR) is 88.5 cm³/mol. The van der Waals surface area contributed by atoms with Crippen LogP contribution in [0.5, 0.6) is 0 Å². The van der Waals surface area contributed by atoms with Gasteiger partial charge >= 0.3 is 0 Å². The molecule has 114 valence electrons. The van der Waals surface area contributed by atoms with Gasteiger partial charge in [0, 0.05) is 25.0 Å². The minimum atomic E-state index is 0.333. The first kappa shape index (κ1) is 14.6. The molecule has 21 heavy (non-hydrogen) atoms. The van der Waals surface area contributed by atoms with Crippen molar-refractivity contribution in [3.8, 4) is 0 Å². The SMILES string of the molecule is CCC(CC)(CNC1CC1)Cc1nn(C)c2ccccc12. The Kier molecular flexibility index (Phi) is 4.03. The van der Waals surface area contributed by atoms with E-state index >= 15 is 0 Å². The Morgan fingerprint density at radius 3 is 2.62 bits per heavy atom. The molecule has 1 aromatic heterocycles. The maximum absolute atomic E-state index is 4.80. The predicted octanol–water partition coefficient (Wildman–Crippen LogP) is 3.67. The summed E-state index contributed by atoms with van der Waals surface area (Å²) in [6.45, 7) is 5.77. The zero-order chi connectivity index (χ0) is 14.9. The summed E-state index contributed by atoms with van der Waals surface area (Å²) in [4.78, 5) is 0. The quantitative estimate of drug-likeness (QED) is 0.841. The highest BCUT2D eigenvalue weighted by Crippen LogP contribution is 2.33. The van der Waals surface area contributed by atoms with E-state index in [9.17, 15) is 0 Å². The number of fused-ring (bicyclic) bond motifs is 1. The molecule has 0 atom stereocenters. The van der Waals surface area contributed by atoms with E-state index < -0.39 is 0 Å². The molecule has 1 heterocycles. The molecule has 0 aliphatic heterocycles. The number of nitrogens with one attached hydrogen (secondary N) is 1. The van der Waals surface area contributed by atoms with Gasteiger partial charge in [0.05, 0.1) is 11.2 Å². The van der Waals surface area contributed by atoms with E-state index in [2.05, 4.69) is 43.4 Å². The molecule has 0 bridgehead atoms. The van der Waals surface area contributed by atoms with Crippen LogP contribution < -0.4 is 5.32 Å². The van der Waals surface area contributed by atoms with Crippen molar-refractivity contribution >= 4 is 10.9 Å². The molecule has 1 fully saturated rings. The van der Waals surface area contributed by atoms with E-state index in [0.717, 1.165) is 19.0 Å². The summed E-state index contributed by atoms with van der Waals surface area (Å²) < 4.78 is 2.02. The largest absolute Gasteiger partial charge is 0.313 e. The molecule has 0 radical (unpaired) electrons. The van der Waals surface area contributed by atoms with Gasteiger partial charge in [-0.1, -0.05) is 32.0 Å². The van der Waals surface area contributed by atoms with Crippen molar-refractivity contribution in [2.75, 3.05) is 6.54 Å². The molecule has 1 N–H and O–H groups in total. The second-order valence-electron chi connectivity index (χ2n) is 6.63. The fourth-order valence-corrected chi connectivity index (χ4v) is 3.24. The van der Waals surface area contributed by atoms with Crippen molar-refractivity contribution in [1.29, 1.82) is 0 Å². The molecule has 1 aromatic carbocycles. The van der Waals surface area contributed by atoms with Crippen LogP contribution in [0.15, 0.2) is 24.3 Å². The molecular formula is C18H27N3. The molecule has 0 saturated heterocycles. The molecule has 1 aliphatic carbocycles. The average Bonchev–Trinajstić information content (AvgIpc) is 3.30. The Hall–Kier alpha value is -1.35. The summed E-state index contributed by atoms with van der Waals surface area (Å²) in [6, 6.07) is 9.36. The standard InChI is InChI=1S/C18H27N3/c1-4-18(5-2,13-19-14-10-11-14)12-16-15-8-6-7-9-17(15)21(3)20-16/h6-9,14,19H,4-5,10-13H2,1-3H3. The summed E-state index contributed by atoms with van der Waals surface area (Å²) in [6.07, 6.45) is 6.19. The number of para-hydroxylation sites is 1. The fourth-order valence-electron chi connectivity index (χ4n) is 3.24. The number of benzene rings is 1. The van der Waals surface area contributed by atoms with Crippen molar-refractivity contribution < 1.29 is 0 Å². The number of aromatic nitrogens is 2. The molecule has 3 rings (SSSR count). The summed E-state index contributed by atoms with van der Waals surface area (Å²) in [5.41, 5.74) is 2.83. The number of hydrogen-bond acceptors (Lipinski definition) is 2. The normalized spacial score (nSPS) is 15.8. The third kappa shape index (κ3) is 2.98. The van der Waals surface area contributed by atoms with Crippen LogP contribution in [0.3, 0.4) is 0 Å². The van der Waals surface area contributed by atoms with E-state index in [0.29, 0.717) is 5.41 Å². The minimum Gasteiger partial charge on any atom is -0.313 e. The van der Waals surface area contributed by atoms with E-state index in [1.807, 2.05) is 11.7 Å². The van der Waals surface area contributed by atoms with Crippen molar-refractivity contribution in [1.82, 2.24) is 15.1 Å². The molecule has 0 unspecified atom stereocenters. The number of nitrogens with zero attached hydrogens (tertiary/aromatic N) is 2. The maximum Gasteiger partial charge on any atom is 0.0709 e. The number of rotatable bonds is 7. The van der Waals surface area contributed by atoms with Gasteiger partial charge in [0.2, 0.25) is 0 Å². The Bertz CT molecular complexity index is 606.